The SMILES string of the molecule is Nc1cc(S(=O)(=O)O)c(/N=N/c2cc(OCCO)c(/N=N/c3c(S(=O)(=O)O)cc4cc(/N=N/C5C(=O)N(c6ccc(S(=O)(=O)O)cc6)N=C5C(=O)O)ccc4c3O)cc2OCCO)cc1SOOO. The Morgan fingerprint density at radius 1 is 0.754 bits per heavy atom. The first-order valence-electron chi connectivity index (χ1n) is 18.5. The molecule has 0 aliphatic carbocycles. The van der Waals surface area contributed by atoms with Crippen molar-refractivity contribution < 1.29 is 93.0 Å². The molecule has 1 heterocycles. The molecule has 0 saturated heterocycles. The predicted molar refractivity (Wildman–Crippen MR) is 234 cm³/mol. The summed E-state index contributed by atoms with van der Waals surface area (Å²) in [6, 6.07) is 10.5. The molecule has 0 radical (unpaired) electrons. The van der Waals surface area contributed by atoms with Crippen molar-refractivity contribution in [2.45, 2.75) is 25.6 Å². The van der Waals surface area contributed by atoms with Crippen LogP contribution in [0.5, 0.6) is 17.2 Å². The number of hydrogen-bond acceptors (Lipinski definition) is 25. The summed E-state index contributed by atoms with van der Waals surface area (Å²) in [7, 11) is -14.8. The number of nitrogens with zero attached hydrogens (tertiary/aromatic N) is 8. The first kappa shape index (κ1) is 51.2. The summed E-state index contributed by atoms with van der Waals surface area (Å²) in [4.78, 5) is 22.8. The number of nitrogen functional groups attached to an aromatic ring is 1. The molecule has 69 heavy (non-hydrogen) atoms. The van der Waals surface area contributed by atoms with Crippen LogP contribution in [-0.2, 0) is 49.3 Å². The zero-order valence-electron chi connectivity index (χ0n) is 34.1. The topological polar surface area (TPSA) is 451 Å². The first-order chi connectivity index (χ1) is 32.5. The lowest BCUT2D eigenvalue weighted by atomic mass is 10.1. The van der Waals surface area contributed by atoms with E-state index in [2.05, 4.69) is 45.2 Å². The van der Waals surface area contributed by atoms with E-state index in [0.29, 0.717) is 17.1 Å². The Morgan fingerprint density at radius 3 is 1.90 bits per heavy atom. The van der Waals surface area contributed by atoms with Gasteiger partial charge in [0.15, 0.2) is 11.5 Å². The van der Waals surface area contributed by atoms with Gasteiger partial charge < -0.3 is 35.6 Å². The van der Waals surface area contributed by atoms with Gasteiger partial charge in [-0.3, -0.25) is 18.5 Å². The lowest BCUT2D eigenvalue weighted by molar-refractivity contribution is -0.432. The highest BCUT2D eigenvalue weighted by Gasteiger charge is 2.41. The van der Waals surface area contributed by atoms with Gasteiger partial charge in [0.1, 0.15) is 57.3 Å². The van der Waals surface area contributed by atoms with E-state index in [4.69, 9.17) is 20.5 Å². The first-order valence-corrected chi connectivity index (χ1v) is 23.6. The second kappa shape index (κ2) is 21.0. The Bertz CT molecular complexity index is 3320. The minimum Gasteiger partial charge on any atom is -0.505 e. The summed E-state index contributed by atoms with van der Waals surface area (Å²) in [6.07, 6.45) is 0. The fourth-order valence-electron chi connectivity index (χ4n) is 5.89. The van der Waals surface area contributed by atoms with Gasteiger partial charge in [0.25, 0.3) is 36.3 Å². The Balaban J connectivity index is 1.37. The number of rotatable bonds is 20. The highest BCUT2D eigenvalue weighted by molar-refractivity contribution is 7.94. The molecule has 1 atom stereocenters. The standard InChI is InChI=1S/C36H31N9O20S4/c37-22-13-29(68(56,57)58)25(16-28(22)66-65-64-52)41-39-23-14-27(63-10-8-47)24(15-26(23)62-9-7-46)40-42-31-30(69(59,60)61)12-17-11-18(1-6-21(17)34(31)48)38-43-32-33(36(50)51)44-45(35(32)49)19-2-4-20(5-3-19)67(53,54)55/h1-6,11-16,32,46-48,52H,7-10,37H2,(H,50,51)(H,53,54,55)(H,56,57,58)(H,59,60,61)/b41-39+,42-40+,43-38+. The number of anilines is 2. The molecule has 1 aliphatic heterocycles. The number of azo groups is 3. The van der Waals surface area contributed by atoms with Gasteiger partial charge in [-0.1, -0.05) is 5.04 Å². The smallest absolute Gasteiger partial charge is 0.355 e. The Hall–Kier alpha value is -7.15. The second-order valence-electron chi connectivity index (χ2n) is 13.4. The average Bonchev–Trinajstić information content (AvgIpc) is 3.63. The van der Waals surface area contributed by atoms with Gasteiger partial charge in [-0.05, 0) is 66.0 Å². The Kier molecular flexibility index (Phi) is 15.6. The molecular weight excluding hydrogens is 1010 g/mol. The van der Waals surface area contributed by atoms with Crippen molar-refractivity contribution in [3.63, 3.8) is 0 Å². The van der Waals surface area contributed by atoms with E-state index < -0.39 is 112 Å². The van der Waals surface area contributed by atoms with Crippen molar-refractivity contribution in [3.05, 3.63) is 72.8 Å². The van der Waals surface area contributed by atoms with Gasteiger partial charge in [0.2, 0.25) is 6.04 Å². The van der Waals surface area contributed by atoms with Crippen molar-refractivity contribution in [2.75, 3.05) is 37.2 Å². The van der Waals surface area contributed by atoms with Gasteiger partial charge in [0.05, 0.1) is 46.4 Å². The monoisotopic (exact) mass is 1040 g/mol. The number of phenols is 1. The summed E-state index contributed by atoms with van der Waals surface area (Å²) >= 11 is 0.324. The molecule has 0 bridgehead atoms. The van der Waals surface area contributed by atoms with E-state index >= 15 is 0 Å². The molecule has 6 rings (SSSR count). The lowest BCUT2D eigenvalue weighted by Crippen LogP contribution is -2.33. The molecule has 1 amide bonds. The van der Waals surface area contributed by atoms with Crippen LogP contribution in [0.2, 0.25) is 0 Å². The van der Waals surface area contributed by atoms with Crippen molar-refractivity contribution in [2.24, 2.45) is 35.8 Å². The summed E-state index contributed by atoms with van der Waals surface area (Å²) in [5.41, 5.74) is 2.58. The minimum absolute atomic E-state index is 0.0671. The zero-order chi connectivity index (χ0) is 50.4. The van der Waals surface area contributed by atoms with Crippen LogP contribution in [0, 0.1) is 0 Å². The van der Waals surface area contributed by atoms with Gasteiger partial charge >= 0.3 is 5.97 Å². The molecule has 1 unspecified atom stereocenters. The number of hydrogen-bond donors (Lipinski definition) is 9. The number of amides is 1. The highest BCUT2D eigenvalue weighted by atomic mass is 32.2. The number of aromatic hydroxyl groups is 1. The number of carbonyl (C=O) groups excluding carboxylic acids is 1. The van der Waals surface area contributed by atoms with E-state index in [0.717, 1.165) is 60.7 Å². The van der Waals surface area contributed by atoms with E-state index in [9.17, 15) is 68.9 Å². The molecule has 0 fully saturated rings. The maximum atomic E-state index is 13.3. The summed E-state index contributed by atoms with van der Waals surface area (Å²) in [5, 5.41) is 79.7. The van der Waals surface area contributed by atoms with Crippen LogP contribution in [0.3, 0.4) is 0 Å². The van der Waals surface area contributed by atoms with Gasteiger partial charge in [-0.15, -0.1) is 24.8 Å². The van der Waals surface area contributed by atoms with Crippen molar-refractivity contribution in [1.29, 1.82) is 0 Å². The fourth-order valence-corrected chi connectivity index (χ4v) is 8.09. The van der Waals surface area contributed by atoms with Crippen molar-refractivity contribution >= 4 is 111 Å². The van der Waals surface area contributed by atoms with Gasteiger partial charge in [-0.25, -0.2) is 10.1 Å². The zero-order valence-corrected chi connectivity index (χ0v) is 37.4. The van der Waals surface area contributed by atoms with Crippen LogP contribution < -0.4 is 20.2 Å². The summed E-state index contributed by atoms with van der Waals surface area (Å²) < 4.78 is 117. The Labute approximate surface area is 390 Å². The Morgan fingerprint density at radius 2 is 1.35 bits per heavy atom. The number of aliphatic hydroxyl groups excluding tert-OH is 2. The quantitative estimate of drug-likeness (QED) is 0.0126. The number of carbonyl (C=O) groups is 2. The number of aliphatic carboxylic acids is 1. The molecular formula is C36H31N9O20S4. The van der Waals surface area contributed by atoms with Crippen LogP contribution in [-0.4, -0.2) is 115 Å². The predicted octanol–water partition coefficient (Wildman–Crippen LogP) is 4.81. The maximum Gasteiger partial charge on any atom is 0.355 e. The second-order valence-corrected chi connectivity index (χ2v) is 18.3. The average molecular weight is 1040 g/mol. The molecule has 10 N–H and O–H groups in total. The van der Waals surface area contributed by atoms with E-state index in [1.54, 1.807) is 0 Å². The number of phenolic OH excluding ortho intramolecular Hbond substituents is 1. The van der Waals surface area contributed by atoms with Gasteiger partial charge in [0, 0.05) is 23.2 Å². The molecule has 364 valence electrons. The van der Waals surface area contributed by atoms with E-state index in [1.807, 2.05) is 0 Å². The van der Waals surface area contributed by atoms with E-state index in [-0.39, 0.29) is 55.6 Å². The van der Waals surface area contributed by atoms with Crippen LogP contribution in [0.1, 0.15) is 0 Å². The minimum atomic E-state index is -5.26. The van der Waals surface area contributed by atoms with Crippen LogP contribution in [0.4, 0.5) is 39.8 Å². The highest BCUT2D eigenvalue weighted by Crippen LogP contribution is 2.46. The summed E-state index contributed by atoms with van der Waals surface area (Å²) in [5.74, 6) is -4.12. The number of carboxylic acid groups (broad SMARTS) is 1. The molecule has 5 aromatic rings. The van der Waals surface area contributed by atoms with E-state index in [1.165, 1.54) is 12.1 Å². The molecule has 1 aliphatic rings. The largest absolute Gasteiger partial charge is 0.505 e. The van der Waals surface area contributed by atoms with Crippen molar-refractivity contribution in [3.8, 4) is 17.2 Å². The number of hydrazone groups is 1. The maximum absolute atomic E-state index is 13.3. The van der Waals surface area contributed by atoms with Crippen LogP contribution in [0.15, 0.2) is 128 Å². The molecule has 5 aromatic carbocycles. The third kappa shape index (κ3) is 11.9. The third-order valence-corrected chi connectivity index (χ3v) is 12.2. The number of aliphatic hydroxyl groups is 2. The summed E-state index contributed by atoms with van der Waals surface area (Å²) in [6.45, 7) is -1.93. The normalized spacial score (nSPS) is 14.7. The van der Waals surface area contributed by atoms with Crippen molar-refractivity contribution in [1.82, 2.24) is 0 Å². The lowest BCUT2D eigenvalue weighted by Gasteiger charge is -2.13. The van der Waals surface area contributed by atoms with Gasteiger partial charge in [-0.2, -0.15) is 45.6 Å². The molecule has 0 spiro atoms. The number of nitrogens with two attached hydrogens (primary N) is 1. The molecule has 29 nitrogen and oxygen atoms in total. The van der Waals surface area contributed by atoms with Crippen LogP contribution in [0.25, 0.3) is 10.8 Å². The molecule has 0 saturated carbocycles. The number of ether oxygens (including phenoxy) is 2. The fraction of sp³-hybridized carbons (Fsp3) is 0.139. The molecule has 33 heteroatoms. The van der Waals surface area contributed by atoms with Crippen LogP contribution >= 0.6 is 12.0 Å². The molecule has 0 aromatic heterocycles. The number of fused-ring (bicyclic) bond motifs is 1. The third-order valence-electron chi connectivity index (χ3n) is 8.89. The number of benzene rings is 5. The number of carboxylic acids is 1.